The van der Waals surface area contributed by atoms with E-state index in [-0.39, 0.29) is 0 Å². The van der Waals surface area contributed by atoms with E-state index in [4.69, 9.17) is 0 Å². The lowest BCUT2D eigenvalue weighted by Crippen LogP contribution is -2.27. The molecule has 2 rings (SSSR count). The third kappa shape index (κ3) is 0.540. The molecule has 1 fully saturated rings. The van der Waals surface area contributed by atoms with Gasteiger partial charge in [-0.1, -0.05) is 26.0 Å². The van der Waals surface area contributed by atoms with E-state index in [2.05, 4.69) is 26.0 Å². The maximum absolute atomic E-state index is 2.39. The minimum absolute atomic E-state index is 0.624. The average molecular weight is 122 g/mol. The van der Waals surface area contributed by atoms with Crippen molar-refractivity contribution in [3.8, 4) is 0 Å². The zero-order valence-electron chi connectivity index (χ0n) is 6.22. The first-order chi connectivity index (χ1) is 4.22. The molecule has 9 heavy (non-hydrogen) atoms. The lowest BCUT2D eigenvalue weighted by molar-refractivity contribution is 0.282. The first-order valence-corrected chi connectivity index (χ1v) is 3.92. The Kier molecular flexibility index (Phi) is 0.870. The normalized spacial score (nSPS) is 54.9. The van der Waals surface area contributed by atoms with Crippen molar-refractivity contribution in [2.24, 2.45) is 17.3 Å². The predicted molar refractivity (Wildman–Crippen MR) is 39.1 cm³/mol. The van der Waals surface area contributed by atoms with Crippen LogP contribution in [-0.2, 0) is 0 Å². The van der Waals surface area contributed by atoms with Crippen LogP contribution in [-0.4, -0.2) is 0 Å². The first kappa shape index (κ1) is 5.52. The van der Waals surface area contributed by atoms with E-state index in [1.807, 2.05) is 0 Å². The number of allylic oxidation sites excluding steroid dienone is 2. The largest absolute Gasteiger partial charge is 0.0837 e. The van der Waals surface area contributed by atoms with E-state index in [9.17, 15) is 0 Å². The van der Waals surface area contributed by atoms with E-state index >= 15 is 0 Å². The van der Waals surface area contributed by atoms with Gasteiger partial charge in [-0.25, -0.2) is 0 Å². The summed E-state index contributed by atoms with van der Waals surface area (Å²) in [5.74, 6) is 1.89. The molecule has 0 nitrogen and oxygen atoms in total. The third-order valence-corrected chi connectivity index (χ3v) is 3.20. The zero-order valence-corrected chi connectivity index (χ0v) is 6.22. The van der Waals surface area contributed by atoms with Crippen LogP contribution in [0.4, 0.5) is 0 Å². The summed E-state index contributed by atoms with van der Waals surface area (Å²) in [5, 5.41) is 0. The molecule has 0 spiro atoms. The van der Waals surface area contributed by atoms with Crippen LogP contribution < -0.4 is 0 Å². The fourth-order valence-electron chi connectivity index (χ4n) is 2.34. The van der Waals surface area contributed by atoms with Gasteiger partial charge in [-0.3, -0.25) is 0 Å². The van der Waals surface area contributed by atoms with Crippen molar-refractivity contribution in [2.45, 2.75) is 26.7 Å². The highest BCUT2D eigenvalue weighted by molar-refractivity contribution is 5.21. The topological polar surface area (TPSA) is 0 Å². The quantitative estimate of drug-likeness (QED) is 0.433. The molecule has 0 aromatic heterocycles. The van der Waals surface area contributed by atoms with E-state index in [0.29, 0.717) is 5.41 Å². The van der Waals surface area contributed by atoms with Gasteiger partial charge in [0, 0.05) is 0 Å². The predicted octanol–water partition coefficient (Wildman–Crippen LogP) is 2.61. The molecule has 0 N–H and O–H groups in total. The summed E-state index contributed by atoms with van der Waals surface area (Å²) in [5.41, 5.74) is 0.624. The maximum atomic E-state index is 2.39. The fraction of sp³-hybridized carbons (Fsp3) is 0.778. The standard InChI is InChI=1S/C9H14/c1-7-3-5-9(2)6-4-8(7)9/h4,6-8H,3,5H2,1-2H3/t7-,8+,9-/m0/s1. The Balaban J connectivity index is 2.25. The van der Waals surface area contributed by atoms with Crippen molar-refractivity contribution >= 4 is 0 Å². The fourth-order valence-corrected chi connectivity index (χ4v) is 2.34. The van der Waals surface area contributed by atoms with Crippen molar-refractivity contribution in [1.82, 2.24) is 0 Å². The molecule has 0 aromatic carbocycles. The van der Waals surface area contributed by atoms with Gasteiger partial charge in [0.05, 0.1) is 0 Å². The zero-order chi connectivity index (χ0) is 6.48. The second-order valence-corrected chi connectivity index (χ2v) is 3.91. The second kappa shape index (κ2) is 1.42. The summed E-state index contributed by atoms with van der Waals surface area (Å²) in [6.45, 7) is 4.76. The van der Waals surface area contributed by atoms with Gasteiger partial charge in [-0.15, -0.1) is 0 Å². The smallest absolute Gasteiger partial charge is 0.00810 e. The number of rotatable bonds is 0. The van der Waals surface area contributed by atoms with Gasteiger partial charge in [0.2, 0.25) is 0 Å². The second-order valence-electron chi connectivity index (χ2n) is 3.91. The van der Waals surface area contributed by atoms with Gasteiger partial charge in [-0.2, -0.15) is 0 Å². The van der Waals surface area contributed by atoms with Crippen molar-refractivity contribution in [3.05, 3.63) is 12.2 Å². The molecule has 0 saturated heterocycles. The lowest BCUT2D eigenvalue weighted by Gasteiger charge is -2.36. The van der Waals surface area contributed by atoms with Crippen LogP contribution in [0.1, 0.15) is 26.7 Å². The number of hydrogen-bond donors (Lipinski definition) is 0. The molecular weight excluding hydrogens is 108 g/mol. The summed E-state index contributed by atoms with van der Waals surface area (Å²) in [6, 6.07) is 0. The average Bonchev–Trinajstić information content (AvgIpc) is 1.93. The Morgan fingerprint density at radius 3 is 2.56 bits per heavy atom. The van der Waals surface area contributed by atoms with E-state index < -0.39 is 0 Å². The molecule has 0 unspecified atom stereocenters. The summed E-state index contributed by atoms with van der Waals surface area (Å²) < 4.78 is 0. The van der Waals surface area contributed by atoms with Gasteiger partial charge < -0.3 is 0 Å². The van der Waals surface area contributed by atoms with E-state index in [1.54, 1.807) is 0 Å². The highest BCUT2D eigenvalue weighted by Gasteiger charge is 2.44. The van der Waals surface area contributed by atoms with Crippen LogP contribution >= 0.6 is 0 Å². The molecule has 50 valence electrons. The molecule has 0 heteroatoms. The third-order valence-electron chi connectivity index (χ3n) is 3.20. The molecule has 2 aliphatic rings. The molecule has 2 aliphatic carbocycles. The van der Waals surface area contributed by atoms with Crippen LogP contribution in [0.5, 0.6) is 0 Å². The minimum Gasteiger partial charge on any atom is -0.0837 e. The Morgan fingerprint density at radius 2 is 2.33 bits per heavy atom. The Hall–Kier alpha value is -0.260. The molecule has 0 radical (unpaired) electrons. The highest BCUT2D eigenvalue weighted by atomic mass is 14.5. The SMILES string of the molecule is C[C@H]1CC[C@@]2(C)C=C[C@H]12. The molecule has 0 amide bonds. The monoisotopic (exact) mass is 122 g/mol. The van der Waals surface area contributed by atoms with E-state index in [0.717, 1.165) is 11.8 Å². The van der Waals surface area contributed by atoms with Crippen LogP contribution in [0.2, 0.25) is 0 Å². The van der Waals surface area contributed by atoms with Crippen molar-refractivity contribution in [2.75, 3.05) is 0 Å². The molecule has 0 bridgehead atoms. The molecular formula is C9H14. The van der Waals surface area contributed by atoms with Gasteiger partial charge in [-0.05, 0) is 30.1 Å². The molecule has 0 aromatic rings. The summed E-state index contributed by atoms with van der Waals surface area (Å²) in [7, 11) is 0. The maximum Gasteiger partial charge on any atom is -0.00810 e. The summed E-state index contributed by atoms with van der Waals surface area (Å²) in [4.78, 5) is 0. The van der Waals surface area contributed by atoms with Crippen LogP contribution in [0.25, 0.3) is 0 Å². The first-order valence-electron chi connectivity index (χ1n) is 3.92. The van der Waals surface area contributed by atoms with Crippen LogP contribution in [0.15, 0.2) is 12.2 Å². The van der Waals surface area contributed by atoms with Crippen LogP contribution in [0, 0.1) is 17.3 Å². The summed E-state index contributed by atoms with van der Waals surface area (Å²) in [6.07, 6.45) is 7.64. The Bertz CT molecular complexity index is 157. The van der Waals surface area contributed by atoms with Crippen molar-refractivity contribution < 1.29 is 0 Å². The number of hydrogen-bond acceptors (Lipinski definition) is 0. The lowest BCUT2D eigenvalue weighted by atomic mass is 9.69. The molecule has 3 atom stereocenters. The summed E-state index contributed by atoms with van der Waals surface area (Å²) >= 11 is 0. The van der Waals surface area contributed by atoms with Gasteiger partial charge >= 0.3 is 0 Å². The van der Waals surface area contributed by atoms with Crippen LogP contribution in [0.3, 0.4) is 0 Å². The minimum atomic E-state index is 0.624. The molecule has 0 aliphatic heterocycles. The van der Waals surface area contributed by atoms with Crippen molar-refractivity contribution in [3.63, 3.8) is 0 Å². The Labute approximate surface area is 57.0 Å². The van der Waals surface area contributed by atoms with Gasteiger partial charge in [0.1, 0.15) is 0 Å². The van der Waals surface area contributed by atoms with E-state index in [1.165, 1.54) is 12.8 Å². The van der Waals surface area contributed by atoms with Gasteiger partial charge in [0.25, 0.3) is 0 Å². The molecule has 0 heterocycles. The number of fused-ring (bicyclic) bond motifs is 1. The molecule has 1 saturated carbocycles. The van der Waals surface area contributed by atoms with Gasteiger partial charge in [0.15, 0.2) is 0 Å². The highest BCUT2D eigenvalue weighted by Crippen LogP contribution is 2.54. The Morgan fingerprint density at radius 1 is 1.56 bits per heavy atom. The van der Waals surface area contributed by atoms with Crippen molar-refractivity contribution in [1.29, 1.82) is 0 Å².